The Balaban J connectivity index is 1.87. The Morgan fingerprint density at radius 1 is 1.36 bits per heavy atom. The van der Waals surface area contributed by atoms with Crippen LogP contribution < -0.4 is 0 Å². The van der Waals surface area contributed by atoms with Crippen LogP contribution >= 0.6 is 0 Å². The third kappa shape index (κ3) is 3.48. The Bertz CT molecular complexity index is 777. The van der Waals surface area contributed by atoms with Gasteiger partial charge in [0, 0.05) is 31.1 Å². The molecule has 1 saturated heterocycles. The summed E-state index contributed by atoms with van der Waals surface area (Å²) >= 11 is 0. The highest BCUT2D eigenvalue weighted by molar-refractivity contribution is 5.81. The summed E-state index contributed by atoms with van der Waals surface area (Å²) in [5.74, 6) is -0.0206. The topological polar surface area (TPSA) is 59.2 Å². The van der Waals surface area contributed by atoms with Crippen LogP contribution in [0.25, 0.3) is 11.1 Å². The highest BCUT2D eigenvalue weighted by atomic mass is 19.4. The monoisotopic (exact) mass is 355 g/mol. The molecule has 136 valence electrons. The van der Waals surface area contributed by atoms with Gasteiger partial charge in [0.15, 0.2) is 0 Å². The van der Waals surface area contributed by atoms with E-state index in [4.69, 9.17) is 4.52 Å². The number of hydrogen-bond donors (Lipinski definition) is 0. The molecule has 0 bridgehead atoms. The van der Waals surface area contributed by atoms with Crippen molar-refractivity contribution in [1.29, 1.82) is 0 Å². The van der Waals surface area contributed by atoms with Gasteiger partial charge in [0.2, 0.25) is 5.91 Å². The molecule has 0 N–H and O–H groups in total. The van der Waals surface area contributed by atoms with Crippen molar-refractivity contribution in [2.75, 3.05) is 13.1 Å². The predicted molar refractivity (Wildman–Crippen MR) is 85.0 cm³/mol. The second kappa shape index (κ2) is 6.65. The molecule has 1 aliphatic rings. The quantitative estimate of drug-likeness (QED) is 0.833. The van der Waals surface area contributed by atoms with Gasteiger partial charge in [-0.05, 0) is 32.3 Å². The number of likely N-dealkylation sites (tertiary alicyclic amines) is 1. The summed E-state index contributed by atoms with van der Waals surface area (Å²) in [4.78, 5) is 18.0. The van der Waals surface area contributed by atoms with E-state index in [2.05, 4.69) is 10.1 Å². The Hall–Kier alpha value is -2.12. The smallest absolute Gasteiger partial charge is 0.343 e. The van der Waals surface area contributed by atoms with Crippen LogP contribution in [-0.4, -0.2) is 34.0 Å². The van der Waals surface area contributed by atoms with E-state index < -0.39 is 11.7 Å². The van der Waals surface area contributed by atoms with Gasteiger partial charge >= 0.3 is 6.18 Å². The zero-order chi connectivity index (χ0) is 18.2. The van der Waals surface area contributed by atoms with Crippen LogP contribution in [0.3, 0.4) is 0 Å². The lowest BCUT2D eigenvalue weighted by atomic mass is 9.91. The maximum Gasteiger partial charge on any atom is 0.417 e. The number of halogens is 3. The van der Waals surface area contributed by atoms with Crippen molar-refractivity contribution in [3.05, 3.63) is 23.0 Å². The number of hydrogen-bond acceptors (Lipinski definition) is 4. The number of rotatable bonds is 3. The average molecular weight is 355 g/mol. The van der Waals surface area contributed by atoms with Crippen molar-refractivity contribution in [2.24, 2.45) is 0 Å². The Morgan fingerprint density at radius 2 is 2.04 bits per heavy atom. The molecule has 3 heterocycles. The van der Waals surface area contributed by atoms with Crippen molar-refractivity contribution in [3.8, 4) is 0 Å². The van der Waals surface area contributed by atoms with Crippen LogP contribution in [0, 0.1) is 6.92 Å². The van der Waals surface area contributed by atoms with Crippen LogP contribution in [0.2, 0.25) is 0 Å². The number of amides is 1. The van der Waals surface area contributed by atoms with Gasteiger partial charge in [-0.2, -0.15) is 13.2 Å². The summed E-state index contributed by atoms with van der Waals surface area (Å²) in [6.45, 7) is 4.50. The standard InChI is InChI=1S/C17H20F3N3O2/c1-3-4-14(24)23-7-5-11(6-8-23)13-9-12(17(18,19)20)15-10(2)22-25-16(15)21-13/h9,11H,3-8H2,1-2H3. The fourth-order valence-electron chi connectivity index (χ4n) is 3.34. The number of aryl methyl sites for hydroxylation is 1. The van der Waals surface area contributed by atoms with E-state index in [0.717, 1.165) is 12.5 Å². The third-order valence-corrected chi connectivity index (χ3v) is 4.67. The number of pyridine rings is 1. The van der Waals surface area contributed by atoms with Gasteiger partial charge in [0.25, 0.3) is 5.71 Å². The molecule has 0 atom stereocenters. The maximum atomic E-state index is 13.4. The molecule has 3 rings (SSSR count). The molecule has 2 aromatic rings. The van der Waals surface area contributed by atoms with E-state index in [9.17, 15) is 18.0 Å². The number of nitrogens with zero attached hydrogens (tertiary/aromatic N) is 3. The van der Waals surface area contributed by atoms with Crippen LogP contribution in [0.4, 0.5) is 13.2 Å². The summed E-state index contributed by atoms with van der Waals surface area (Å²) in [6, 6.07) is 1.11. The predicted octanol–water partition coefficient (Wildman–Crippen LogP) is 4.06. The van der Waals surface area contributed by atoms with Gasteiger partial charge in [-0.25, -0.2) is 4.98 Å². The van der Waals surface area contributed by atoms with Gasteiger partial charge < -0.3 is 9.42 Å². The summed E-state index contributed by atoms with van der Waals surface area (Å²) in [7, 11) is 0. The second-order valence-electron chi connectivity index (χ2n) is 6.45. The summed E-state index contributed by atoms with van der Waals surface area (Å²) in [5, 5.41) is 3.54. The lowest BCUT2D eigenvalue weighted by Crippen LogP contribution is -2.37. The van der Waals surface area contributed by atoms with Gasteiger partial charge in [-0.15, -0.1) is 0 Å². The summed E-state index contributed by atoms with van der Waals surface area (Å²) < 4.78 is 45.3. The zero-order valence-corrected chi connectivity index (χ0v) is 14.2. The van der Waals surface area contributed by atoms with Crippen LogP contribution in [0.1, 0.15) is 55.5 Å². The van der Waals surface area contributed by atoms with Crippen molar-refractivity contribution in [3.63, 3.8) is 0 Å². The number of carbonyl (C=O) groups excluding carboxylic acids is 1. The van der Waals surface area contributed by atoms with E-state index in [1.165, 1.54) is 6.92 Å². The van der Waals surface area contributed by atoms with Crippen molar-refractivity contribution in [2.45, 2.75) is 51.6 Å². The molecule has 0 radical (unpaired) electrons. The Labute approximate surface area is 143 Å². The molecule has 2 aromatic heterocycles. The first-order chi connectivity index (χ1) is 11.8. The van der Waals surface area contributed by atoms with Gasteiger partial charge in [0.1, 0.15) is 0 Å². The Kier molecular flexibility index (Phi) is 4.71. The molecule has 0 aliphatic carbocycles. The molecule has 1 aliphatic heterocycles. The largest absolute Gasteiger partial charge is 0.417 e. The van der Waals surface area contributed by atoms with Crippen molar-refractivity contribution in [1.82, 2.24) is 15.0 Å². The molecular formula is C17H20F3N3O2. The minimum Gasteiger partial charge on any atom is -0.343 e. The van der Waals surface area contributed by atoms with Crippen LogP contribution in [0.5, 0.6) is 0 Å². The lowest BCUT2D eigenvalue weighted by molar-refractivity contribution is -0.136. The fourth-order valence-corrected chi connectivity index (χ4v) is 3.34. The lowest BCUT2D eigenvalue weighted by Gasteiger charge is -2.32. The number of alkyl halides is 3. The Morgan fingerprint density at radius 3 is 2.64 bits per heavy atom. The minimum absolute atomic E-state index is 0.0770. The van der Waals surface area contributed by atoms with Crippen molar-refractivity contribution >= 4 is 17.0 Å². The summed E-state index contributed by atoms with van der Waals surface area (Å²) in [5.41, 5.74) is -0.289. The molecule has 1 amide bonds. The van der Waals surface area contributed by atoms with E-state index >= 15 is 0 Å². The molecule has 0 saturated carbocycles. The highest BCUT2D eigenvalue weighted by Gasteiger charge is 2.36. The van der Waals surface area contributed by atoms with Gasteiger partial charge in [-0.3, -0.25) is 4.79 Å². The first kappa shape index (κ1) is 17.7. The van der Waals surface area contributed by atoms with Crippen LogP contribution in [-0.2, 0) is 11.0 Å². The highest BCUT2D eigenvalue weighted by Crippen LogP contribution is 2.38. The number of aromatic nitrogens is 2. The SMILES string of the molecule is CCCC(=O)N1CCC(c2cc(C(F)(F)F)c3c(C)noc3n2)CC1. The maximum absolute atomic E-state index is 13.4. The molecule has 25 heavy (non-hydrogen) atoms. The molecule has 8 heteroatoms. The first-order valence-electron chi connectivity index (χ1n) is 8.43. The second-order valence-corrected chi connectivity index (χ2v) is 6.45. The number of fused-ring (bicyclic) bond motifs is 1. The molecule has 1 fully saturated rings. The normalized spacial score (nSPS) is 16.6. The minimum atomic E-state index is -4.50. The molecular weight excluding hydrogens is 335 g/mol. The molecule has 0 unspecified atom stereocenters. The third-order valence-electron chi connectivity index (χ3n) is 4.67. The molecule has 5 nitrogen and oxygen atoms in total. The zero-order valence-electron chi connectivity index (χ0n) is 14.2. The molecule has 0 aromatic carbocycles. The number of carbonyl (C=O) groups is 1. The van der Waals surface area contributed by atoms with Crippen molar-refractivity contribution < 1.29 is 22.5 Å². The van der Waals surface area contributed by atoms with E-state index in [1.807, 2.05) is 6.92 Å². The average Bonchev–Trinajstić information content (AvgIpc) is 2.95. The number of piperidine rings is 1. The van der Waals surface area contributed by atoms with E-state index in [-0.39, 0.29) is 28.6 Å². The van der Waals surface area contributed by atoms with Crippen LogP contribution in [0.15, 0.2) is 10.6 Å². The summed E-state index contributed by atoms with van der Waals surface area (Å²) in [6.07, 6.45) is -2.01. The van der Waals surface area contributed by atoms with E-state index in [0.29, 0.717) is 38.0 Å². The first-order valence-corrected chi connectivity index (χ1v) is 8.43. The van der Waals surface area contributed by atoms with Gasteiger partial charge in [-0.1, -0.05) is 12.1 Å². The van der Waals surface area contributed by atoms with Gasteiger partial charge in [0.05, 0.1) is 16.6 Å². The van der Waals surface area contributed by atoms with E-state index in [1.54, 1.807) is 4.90 Å². The molecule has 0 spiro atoms. The fraction of sp³-hybridized carbons (Fsp3) is 0.588.